The Morgan fingerprint density at radius 3 is 2.63 bits per heavy atom. The molecule has 0 bridgehead atoms. The minimum absolute atomic E-state index is 0.170. The first-order valence-corrected chi connectivity index (χ1v) is 11.0. The minimum atomic E-state index is -0.170. The SMILES string of the molecule is CC1=C(/C=C/C(C)=C/C=C/C(C)=C/C(=O)Nc2cccc(Cl)c2)C(C)(C)CCC1C. The summed E-state index contributed by atoms with van der Waals surface area (Å²) in [5.41, 5.74) is 5.95. The van der Waals surface area contributed by atoms with Crippen molar-refractivity contribution in [2.75, 3.05) is 5.32 Å². The first-order valence-electron chi connectivity index (χ1n) is 10.6. The molecule has 0 fully saturated rings. The van der Waals surface area contributed by atoms with Gasteiger partial charge in [-0.25, -0.2) is 0 Å². The largest absolute Gasteiger partial charge is 0.322 e. The molecule has 1 atom stereocenters. The maximum Gasteiger partial charge on any atom is 0.248 e. The third kappa shape index (κ3) is 7.18. The van der Waals surface area contributed by atoms with Gasteiger partial charge in [0.15, 0.2) is 0 Å². The van der Waals surface area contributed by atoms with E-state index in [2.05, 4.69) is 58.2 Å². The van der Waals surface area contributed by atoms with E-state index < -0.39 is 0 Å². The number of halogens is 1. The Labute approximate surface area is 187 Å². The molecule has 1 amide bonds. The molecule has 1 N–H and O–H groups in total. The Hall–Kier alpha value is -2.32. The molecule has 1 aliphatic carbocycles. The minimum Gasteiger partial charge on any atom is -0.322 e. The Kier molecular flexibility index (Phi) is 8.49. The molecule has 0 saturated heterocycles. The van der Waals surface area contributed by atoms with Gasteiger partial charge < -0.3 is 5.32 Å². The van der Waals surface area contributed by atoms with Gasteiger partial charge >= 0.3 is 0 Å². The number of hydrogen-bond acceptors (Lipinski definition) is 1. The Morgan fingerprint density at radius 1 is 1.20 bits per heavy atom. The van der Waals surface area contributed by atoms with Crippen LogP contribution in [0.1, 0.15) is 54.4 Å². The molecule has 1 aromatic rings. The Balaban J connectivity index is 2.00. The maximum atomic E-state index is 12.1. The standard InChI is InChI=1S/C27H34ClNO/c1-19(13-14-25-22(4)21(3)15-16-27(25,5)6)9-7-10-20(2)17-26(30)29-24-12-8-11-23(28)18-24/h7-14,17-18,21H,15-16H2,1-6H3,(H,29,30)/b10-7+,14-13+,19-9+,20-17+. The van der Waals surface area contributed by atoms with E-state index >= 15 is 0 Å². The second-order valence-corrected chi connectivity index (χ2v) is 9.35. The molecule has 0 aliphatic heterocycles. The summed E-state index contributed by atoms with van der Waals surface area (Å²) in [6, 6.07) is 7.12. The summed E-state index contributed by atoms with van der Waals surface area (Å²) in [5.74, 6) is 0.490. The van der Waals surface area contributed by atoms with Gasteiger partial charge in [-0.15, -0.1) is 0 Å². The average Bonchev–Trinajstić information content (AvgIpc) is 2.64. The fourth-order valence-electron chi connectivity index (χ4n) is 3.71. The molecule has 2 rings (SSSR count). The van der Waals surface area contributed by atoms with Crippen molar-refractivity contribution in [1.29, 1.82) is 0 Å². The lowest BCUT2D eigenvalue weighted by Gasteiger charge is -2.36. The molecule has 1 aromatic carbocycles. The molecule has 0 spiro atoms. The number of benzene rings is 1. The lowest BCUT2D eigenvalue weighted by molar-refractivity contribution is -0.111. The van der Waals surface area contributed by atoms with Gasteiger partial charge in [0.25, 0.3) is 0 Å². The number of nitrogens with one attached hydrogen (secondary N) is 1. The zero-order valence-electron chi connectivity index (χ0n) is 19.1. The van der Waals surface area contributed by atoms with Crippen LogP contribution in [-0.4, -0.2) is 5.91 Å². The number of carbonyl (C=O) groups is 1. The fraction of sp³-hybridized carbons (Fsp3) is 0.370. The van der Waals surface area contributed by atoms with E-state index in [0.717, 1.165) is 5.57 Å². The molecular formula is C27H34ClNO. The van der Waals surface area contributed by atoms with Crippen molar-refractivity contribution >= 4 is 23.2 Å². The van der Waals surface area contributed by atoms with Gasteiger partial charge in [0, 0.05) is 16.8 Å². The van der Waals surface area contributed by atoms with Crippen LogP contribution in [-0.2, 0) is 4.79 Å². The zero-order valence-corrected chi connectivity index (χ0v) is 19.8. The molecule has 0 radical (unpaired) electrons. The molecule has 2 nitrogen and oxygen atoms in total. The van der Waals surface area contributed by atoms with Gasteiger partial charge in [-0.1, -0.05) is 80.0 Å². The molecule has 0 aromatic heterocycles. The summed E-state index contributed by atoms with van der Waals surface area (Å²) in [7, 11) is 0. The van der Waals surface area contributed by atoms with Crippen molar-refractivity contribution in [2.24, 2.45) is 11.3 Å². The normalized spacial score (nSPS) is 20.3. The second kappa shape index (κ2) is 10.6. The molecule has 30 heavy (non-hydrogen) atoms. The van der Waals surface area contributed by atoms with Crippen molar-refractivity contribution in [3.05, 3.63) is 88.0 Å². The predicted octanol–water partition coefficient (Wildman–Crippen LogP) is 8.06. The monoisotopic (exact) mass is 423 g/mol. The fourth-order valence-corrected chi connectivity index (χ4v) is 3.90. The Bertz CT molecular complexity index is 928. The highest BCUT2D eigenvalue weighted by Crippen LogP contribution is 2.43. The van der Waals surface area contributed by atoms with Gasteiger partial charge in [0.05, 0.1) is 0 Å². The van der Waals surface area contributed by atoms with Crippen LogP contribution in [0.3, 0.4) is 0 Å². The summed E-state index contributed by atoms with van der Waals surface area (Å²) < 4.78 is 0. The van der Waals surface area contributed by atoms with Crippen LogP contribution in [0, 0.1) is 11.3 Å². The van der Waals surface area contributed by atoms with E-state index in [4.69, 9.17) is 11.6 Å². The molecule has 1 unspecified atom stereocenters. The molecule has 0 saturated carbocycles. The van der Waals surface area contributed by atoms with Crippen molar-refractivity contribution in [3.8, 4) is 0 Å². The van der Waals surface area contributed by atoms with E-state index in [1.165, 1.54) is 29.6 Å². The summed E-state index contributed by atoms with van der Waals surface area (Å²) in [6.45, 7) is 13.3. The van der Waals surface area contributed by atoms with Crippen LogP contribution in [0.5, 0.6) is 0 Å². The average molecular weight is 424 g/mol. The molecular weight excluding hydrogens is 390 g/mol. The van der Waals surface area contributed by atoms with Crippen LogP contribution in [0.4, 0.5) is 5.69 Å². The highest BCUT2D eigenvalue weighted by Gasteiger charge is 2.29. The number of hydrogen-bond donors (Lipinski definition) is 1. The van der Waals surface area contributed by atoms with Gasteiger partial charge in [-0.3, -0.25) is 4.79 Å². The van der Waals surface area contributed by atoms with E-state index in [1.807, 2.05) is 31.2 Å². The van der Waals surface area contributed by atoms with Crippen molar-refractivity contribution < 1.29 is 4.79 Å². The summed E-state index contributed by atoms with van der Waals surface area (Å²) in [4.78, 5) is 12.1. The van der Waals surface area contributed by atoms with Crippen LogP contribution in [0.15, 0.2) is 83.0 Å². The van der Waals surface area contributed by atoms with Crippen molar-refractivity contribution in [1.82, 2.24) is 0 Å². The van der Waals surface area contributed by atoms with Gasteiger partial charge in [-0.05, 0) is 74.3 Å². The number of amides is 1. The Morgan fingerprint density at radius 2 is 1.93 bits per heavy atom. The first-order chi connectivity index (χ1) is 14.1. The smallest absolute Gasteiger partial charge is 0.248 e. The second-order valence-electron chi connectivity index (χ2n) is 8.91. The van der Waals surface area contributed by atoms with Gasteiger partial charge in [0.1, 0.15) is 0 Å². The maximum absolute atomic E-state index is 12.1. The molecule has 1 aliphatic rings. The predicted molar refractivity (Wildman–Crippen MR) is 131 cm³/mol. The molecule has 3 heteroatoms. The third-order valence-electron chi connectivity index (χ3n) is 5.78. The topological polar surface area (TPSA) is 29.1 Å². The highest BCUT2D eigenvalue weighted by molar-refractivity contribution is 6.30. The van der Waals surface area contributed by atoms with Crippen molar-refractivity contribution in [2.45, 2.75) is 54.4 Å². The molecule has 0 heterocycles. The van der Waals surface area contributed by atoms with Crippen LogP contribution >= 0.6 is 11.6 Å². The lowest BCUT2D eigenvalue weighted by Crippen LogP contribution is -2.23. The number of rotatable bonds is 6. The van der Waals surface area contributed by atoms with Crippen LogP contribution in [0.2, 0.25) is 5.02 Å². The van der Waals surface area contributed by atoms with E-state index in [-0.39, 0.29) is 11.3 Å². The quantitative estimate of drug-likeness (QED) is 0.363. The zero-order chi connectivity index (χ0) is 22.3. The van der Waals surface area contributed by atoms with E-state index in [0.29, 0.717) is 16.6 Å². The summed E-state index contributed by atoms with van der Waals surface area (Å²) >= 11 is 5.95. The van der Waals surface area contributed by atoms with Crippen molar-refractivity contribution in [3.63, 3.8) is 0 Å². The van der Waals surface area contributed by atoms with Gasteiger partial charge in [0.2, 0.25) is 5.91 Å². The van der Waals surface area contributed by atoms with Gasteiger partial charge in [-0.2, -0.15) is 0 Å². The highest BCUT2D eigenvalue weighted by atomic mass is 35.5. The number of anilines is 1. The third-order valence-corrected chi connectivity index (χ3v) is 6.01. The summed E-state index contributed by atoms with van der Waals surface area (Å²) in [5, 5.41) is 3.42. The lowest BCUT2D eigenvalue weighted by atomic mass is 9.69. The van der Waals surface area contributed by atoms with E-state index in [9.17, 15) is 4.79 Å². The number of allylic oxidation sites excluding steroid dienone is 9. The number of carbonyl (C=O) groups excluding carboxylic acids is 1. The summed E-state index contributed by atoms with van der Waals surface area (Å²) in [6.07, 6.45) is 14.5. The van der Waals surface area contributed by atoms with E-state index in [1.54, 1.807) is 18.2 Å². The van der Waals surface area contributed by atoms with Crippen LogP contribution < -0.4 is 5.32 Å². The van der Waals surface area contributed by atoms with Crippen LogP contribution in [0.25, 0.3) is 0 Å². The molecule has 160 valence electrons. The first kappa shape index (κ1) is 24.0.